The molecule has 2 aromatic rings. The summed E-state index contributed by atoms with van der Waals surface area (Å²) in [4.78, 5) is 53.3. The van der Waals surface area contributed by atoms with Crippen molar-refractivity contribution in [1.82, 2.24) is 4.98 Å². The van der Waals surface area contributed by atoms with Gasteiger partial charge in [-0.3, -0.25) is 10.1 Å². The number of carbonyl (C=O) groups is 3. The van der Waals surface area contributed by atoms with Gasteiger partial charge in [-0.15, -0.1) is 0 Å². The minimum Gasteiger partial charge on any atom is -0.465 e. The molecule has 0 saturated carbocycles. The quantitative estimate of drug-likeness (QED) is 0.210. The Labute approximate surface area is 202 Å². The number of amides is 2. The fraction of sp³-hybridized carbons (Fsp3) is 0.391. The number of carbonyl (C=O) groups excluding carboxylic acids is 3. The number of imide groups is 1. The predicted molar refractivity (Wildman–Crippen MR) is 127 cm³/mol. The summed E-state index contributed by atoms with van der Waals surface area (Å²) in [5.41, 5.74) is 3.42. The second-order valence-corrected chi connectivity index (χ2v) is 9.41. The smallest absolute Gasteiger partial charge is 0.425 e. The highest BCUT2D eigenvalue weighted by Crippen LogP contribution is 2.34. The van der Waals surface area contributed by atoms with Gasteiger partial charge in [-0.1, -0.05) is 0 Å². The summed E-state index contributed by atoms with van der Waals surface area (Å²) < 4.78 is 15.4. The Bertz CT molecular complexity index is 1140. The number of benzene rings is 1. The molecule has 1 aromatic carbocycles. The molecule has 0 fully saturated rings. The van der Waals surface area contributed by atoms with E-state index in [1.165, 1.54) is 30.5 Å². The highest BCUT2D eigenvalue weighted by atomic mass is 16.6. The number of esters is 1. The predicted octanol–water partition coefficient (Wildman–Crippen LogP) is 4.70. The summed E-state index contributed by atoms with van der Waals surface area (Å²) in [6.45, 7) is 9.81. The fourth-order valence-electron chi connectivity index (χ4n) is 2.89. The van der Waals surface area contributed by atoms with Crippen molar-refractivity contribution in [3.8, 4) is 11.1 Å². The van der Waals surface area contributed by atoms with Crippen LogP contribution in [0.4, 0.5) is 26.8 Å². The van der Waals surface area contributed by atoms with E-state index in [-0.39, 0.29) is 22.6 Å². The van der Waals surface area contributed by atoms with Crippen LogP contribution in [0.3, 0.4) is 0 Å². The first kappa shape index (κ1) is 27.0. The number of nitro benzene ring substituents is 1. The summed E-state index contributed by atoms with van der Waals surface area (Å²) in [5, 5.41) is 11.4. The Morgan fingerprint density at radius 1 is 0.971 bits per heavy atom. The van der Waals surface area contributed by atoms with Gasteiger partial charge in [0.1, 0.15) is 28.3 Å². The third kappa shape index (κ3) is 6.88. The Morgan fingerprint density at radius 3 is 1.97 bits per heavy atom. The van der Waals surface area contributed by atoms with Crippen molar-refractivity contribution < 1.29 is 33.5 Å². The molecule has 12 nitrogen and oxygen atoms in total. The molecule has 0 unspecified atom stereocenters. The zero-order chi connectivity index (χ0) is 26.7. The van der Waals surface area contributed by atoms with Crippen molar-refractivity contribution in [1.29, 1.82) is 0 Å². The van der Waals surface area contributed by atoms with Crippen LogP contribution >= 0.6 is 0 Å². The van der Waals surface area contributed by atoms with E-state index in [4.69, 9.17) is 15.2 Å². The number of nitrogens with two attached hydrogens (primary N) is 1. The van der Waals surface area contributed by atoms with Gasteiger partial charge in [-0.25, -0.2) is 19.4 Å². The maximum Gasteiger partial charge on any atom is 0.425 e. The highest BCUT2D eigenvalue weighted by Gasteiger charge is 2.34. The van der Waals surface area contributed by atoms with Crippen molar-refractivity contribution in [2.75, 3.05) is 17.7 Å². The molecule has 0 radical (unpaired) electrons. The topological polar surface area (TPSA) is 164 Å². The number of methoxy groups -OCH3 is 1. The zero-order valence-corrected chi connectivity index (χ0v) is 20.6. The average molecular weight is 488 g/mol. The fourth-order valence-corrected chi connectivity index (χ4v) is 2.89. The SMILES string of the molecule is COC(=O)c1cc(-c2ccnc(N(C(=O)OC(C)(C)C)C(=O)OC(C)(C)C)c2)cc(N)c1[N+](=O)[O-]. The van der Waals surface area contributed by atoms with Crippen LogP contribution in [0, 0.1) is 10.1 Å². The van der Waals surface area contributed by atoms with Crippen molar-refractivity contribution in [3.05, 3.63) is 46.1 Å². The lowest BCUT2D eigenvalue weighted by molar-refractivity contribution is -0.384. The van der Waals surface area contributed by atoms with E-state index in [1.54, 1.807) is 41.5 Å². The molecule has 0 spiro atoms. The van der Waals surface area contributed by atoms with Crippen molar-refractivity contribution in [2.24, 2.45) is 0 Å². The first-order valence-corrected chi connectivity index (χ1v) is 10.4. The molecule has 188 valence electrons. The average Bonchev–Trinajstić information content (AvgIpc) is 2.69. The van der Waals surface area contributed by atoms with E-state index >= 15 is 0 Å². The molecule has 0 aliphatic heterocycles. The number of pyridine rings is 1. The number of nitrogens with zero attached hydrogens (tertiary/aromatic N) is 3. The van der Waals surface area contributed by atoms with E-state index in [9.17, 15) is 24.5 Å². The molecule has 0 bridgehead atoms. The summed E-state index contributed by atoms with van der Waals surface area (Å²) in [5.74, 6) is -1.09. The van der Waals surface area contributed by atoms with Gasteiger partial charge >= 0.3 is 23.8 Å². The number of ether oxygens (including phenoxy) is 3. The lowest BCUT2D eigenvalue weighted by atomic mass is 10.0. The maximum absolute atomic E-state index is 12.9. The summed E-state index contributed by atoms with van der Waals surface area (Å²) in [6.07, 6.45) is -0.730. The molecule has 0 atom stereocenters. The molecule has 2 N–H and O–H groups in total. The van der Waals surface area contributed by atoms with Gasteiger partial charge in [0.05, 0.1) is 12.0 Å². The largest absolute Gasteiger partial charge is 0.465 e. The molecule has 35 heavy (non-hydrogen) atoms. The van der Waals surface area contributed by atoms with Gasteiger partial charge in [-0.05, 0) is 76.9 Å². The molecule has 1 aromatic heterocycles. The molecule has 2 rings (SSSR count). The van der Waals surface area contributed by atoms with Gasteiger partial charge in [0, 0.05) is 6.20 Å². The van der Waals surface area contributed by atoms with Crippen LogP contribution in [0.2, 0.25) is 0 Å². The lowest BCUT2D eigenvalue weighted by Gasteiger charge is -2.28. The standard InChI is InChI=1S/C23H28N4O8/c1-22(2,3)34-20(29)26(21(30)35-23(4,5)6)17-12-13(8-9-25-17)14-10-15(19(28)33-7)18(27(31)32)16(24)11-14/h8-12H,24H2,1-7H3. The summed E-state index contributed by atoms with van der Waals surface area (Å²) >= 11 is 0. The van der Waals surface area contributed by atoms with E-state index < -0.39 is 40.0 Å². The number of anilines is 2. The second-order valence-electron chi connectivity index (χ2n) is 9.41. The van der Waals surface area contributed by atoms with Crippen LogP contribution < -0.4 is 10.6 Å². The van der Waals surface area contributed by atoms with Crippen LogP contribution in [0.1, 0.15) is 51.9 Å². The number of nitrogen functional groups attached to an aromatic ring is 1. The molecular formula is C23H28N4O8. The monoisotopic (exact) mass is 488 g/mol. The van der Waals surface area contributed by atoms with Crippen LogP contribution in [-0.2, 0) is 14.2 Å². The number of hydrogen-bond acceptors (Lipinski definition) is 10. The third-order valence-electron chi connectivity index (χ3n) is 4.19. The van der Waals surface area contributed by atoms with E-state index in [0.29, 0.717) is 10.5 Å². The lowest BCUT2D eigenvalue weighted by Crippen LogP contribution is -2.44. The highest BCUT2D eigenvalue weighted by molar-refractivity contribution is 6.09. The van der Waals surface area contributed by atoms with Gasteiger partial charge in [0.25, 0.3) is 0 Å². The first-order chi connectivity index (χ1) is 16.0. The second kappa shape index (κ2) is 9.95. The van der Waals surface area contributed by atoms with E-state index in [0.717, 1.165) is 7.11 Å². The van der Waals surface area contributed by atoms with E-state index in [1.807, 2.05) is 0 Å². The normalized spacial score (nSPS) is 11.4. The van der Waals surface area contributed by atoms with Gasteiger partial charge in [0.15, 0.2) is 0 Å². The van der Waals surface area contributed by atoms with Crippen LogP contribution in [-0.4, -0.2) is 46.4 Å². The van der Waals surface area contributed by atoms with E-state index in [2.05, 4.69) is 9.72 Å². The Balaban J connectivity index is 2.64. The molecule has 0 aliphatic carbocycles. The zero-order valence-electron chi connectivity index (χ0n) is 20.6. The molecule has 12 heteroatoms. The number of rotatable bonds is 4. The molecular weight excluding hydrogens is 460 g/mol. The Morgan fingerprint density at radius 2 is 1.51 bits per heavy atom. The molecule has 2 amide bonds. The van der Waals surface area contributed by atoms with Crippen LogP contribution in [0.25, 0.3) is 11.1 Å². The molecule has 0 saturated heterocycles. The third-order valence-corrected chi connectivity index (χ3v) is 4.19. The Kier molecular flexibility index (Phi) is 7.69. The Hall–Kier alpha value is -4.22. The summed E-state index contributed by atoms with van der Waals surface area (Å²) in [6, 6.07) is 5.38. The minimum absolute atomic E-state index is 0.137. The van der Waals surface area contributed by atoms with Crippen molar-refractivity contribution >= 4 is 35.3 Å². The summed E-state index contributed by atoms with van der Waals surface area (Å²) in [7, 11) is 1.08. The number of nitro groups is 1. The first-order valence-electron chi connectivity index (χ1n) is 10.4. The maximum atomic E-state index is 12.9. The van der Waals surface area contributed by atoms with Crippen LogP contribution in [0.5, 0.6) is 0 Å². The number of hydrogen-bond donors (Lipinski definition) is 1. The van der Waals surface area contributed by atoms with Gasteiger partial charge in [-0.2, -0.15) is 4.90 Å². The van der Waals surface area contributed by atoms with Crippen molar-refractivity contribution in [3.63, 3.8) is 0 Å². The minimum atomic E-state index is -1.02. The van der Waals surface area contributed by atoms with Crippen LogP contribution in [0.15, 0.2) is 30.5 Å². The van der Waals surface area contributed by atoms with Crippen molar-refractivity contribution in [2.45, 2.75) is 52.7 Å². The number of aromatic nitrogens is 1. The van der Waals surface area contributed by atoms with Gasteiger partial charge < -0.3 is 19.9 Å². The van der Waals surface area contributed by atoms with Gasteiger partial charge in [0.2, 0.25) is 0 Å². The molecule has 0 aliphatic rings. The molecule has 1 heterocycles.